The molecule has 1 fully saturated rings. The monoisotopic (exact) mass is 444 g/mol. The second-order valence-electron chi connectivity index (χ2n) is 7.63. The Morgan fingerprint density at radius 3 is 2.36 bits per heavy atom. The molecule has 0 spiro atoms. The van der Waals surface area contributed by atoms with Gasteiger partial charge in [0, 0.05) is 29.5 Å². The highest BCUT2D eigenvalue weighted by Crippen LogP contribution is 2.27. The summed E-state index contributed by atoms with van der Waals surface area (Å²) in [6.07, 6.45) is 4.35. The van der Waals surface area contributed by atoms with E-state index in [0.717, 1.165) is 27.5 Å². The van der Waals surface area contributed by atoms with Crippen molar-refractivity contribution in [3.63, 3.8) is 0 Å². The number of hydrogen-bond acceptors (Lipinski definition) is 5. The lowest BCUT2D eigenvalue weighted by Crippen LogP contribution is -2.54. The maximum Gasteiger partial charge on any atom is 0.335 e. The molecule has 3 heterocycles. The minimum absolute atomic E-state index is 0.176. The number of nitrogens with zero attached hydrogens (tertiary/aromatic N) is 3. The predicted octanol–water partition coefficient (Wildman–Crippen LogP) is 3.16. The van der Waals surface area contributed by atoms with Gasteiger partial charge in [-0.15, -0.1) is 0 Å². The van der Waals surface area contributed by atoms with Crippen LogP contribution in [-0.2, 0) is 9.59 Å². The van der Waals surface area contributed by atoms with E-state index in [1.54, 1.807) is 12.1 Å². The lowest BCUT2D eigenvalue weighted by Gasteiger charge is -2.26. The second-order valence-corrected chi connectivity index (χ2v) is 7.63. The Labute approximate surface area is 189 Å². The maximum absolute atomic E-state index is 13.1. The van der Waals surface area contributed by atoms with Crippen molar-refractivity contribution in [1.82, 2.24) is 14.9 Å². The van der Waals surface area contributed by atoms with Crippen LogP contribution in [0, 0.1) is 20.8 Å². The van der Waals surface area contributed by atoms with Crippen LogP contribution in [0.1, 0.15) is 32.9 Å². The first-order valence-corrected chi connectivity index (χ1v) is 10.0. The maximum atomic E-state index is 13.1. The minimum atomic E-state index is -1.01. The SMILES string of the molecule is Cc1cc(C(=O)O)ccc1-n1c(C)cc(/C=C2\C(=O)NC(=O)N(c3ccncc3)C2=O)c1C. The average Bonchev–Trinajstić information content (AvgIpc) is 3.04. The number of barbiturate groups is 1. The number of aryl methyl sites for hydroxylation is 2. The molecule has 9 heteroatoms. The lowest BCUT2D eigenvalue weighted by atomic mass is 10.1. The minimum Gasteiger partial charge on any atom is -0.478 e. The number of aromatic nitrogens is 2. The molecule has 1 aromatic carbocycles. The van der Waals surface area contributed by atoms with E-state index in [1.807, 2.05) is 31.4 Å². The van der Waals surface area contributed by atoms with E-state index in [1.165, 1.54) is 36.7 Å². The van der Waals surface area contributed by atoms with Crippen molar-refractivity contribution in [3.8, 4) is 5.69 Å². The van der Waals surface area contributed by atoms with E-state index in [0.29, 0.717) is 11.3 Å². The molecule has 33 heavy (non-hydrogen) atoms. The topological polar surface area (TPSA) is 122 Å². The van der Waals surface area contributed by atoms with E-state index < -0.39 is 23.8 Å². The van der Waals surface area contributed by atoms with Gasteiger partial charge >= 0.3 is 12.0 Å². The van der Waals surface area contributed by atoms with Gasteiger partial charge in [-0.3, -0.25) is 19.9 Å². The van der Waals surface area contributed by atoms with Crippen LogP contribution in [0.25, 0.3) is 11.8 Å². The summed E-state index contributed by atoms with van der Waals surface area (Å²) in [6, 6.07) is 8.83. The summed E-state index contributed by atoms with van der Waals surface area (Å²) in [4.78, 5) is 53.9. The third-order valence-electron chi connectivity index (χ3n) is 5.48. The molecule has 0 bridgehead atoms. The normalized spacial score (nSPS) is 15.2. The quantitative estimate of drug-likeness (QED) is 0.471. The Kier molecular flexibility index (Phi) is 5.39. The largest absolute Gasteiger partial charge is 0.478 e. The summed E-state index contributed by atoms with van der Waals surface area (Å²) in [7, 11) is 0. The van der Waals surface area contributed by atoms with Crippen molar-refractivity contribution in [2.75, 3.05) is 4.90 Å². The molecule has 0 saturated carbocycles. The van der Waals surface area contributed by atoms with Gasteiger partial charge in [-0.2, -0.15) is 0 Å². The summed E-state index contributed by atoms with van der Waals surface area (Å²) < 4.78 is 1.92. The first-order valence-electron chi connectivity index (χ1n) is 10.0. The van der Waals surface area contributed by atoms with E-state index in [2.05, 4.69) is 10.3 Å². The Morgan fingerprint density at radius 1 is 1.03 bits per heavy atom. The fourth-order valence-corrected chi connectivity index (χ4v) is 3.88. The fourth-order valence-electron chi connectivity index (χ4n) is 3.88. The zero-order valence-electron chi connectivity index (χ0n) is 18.1. The van der Waals surface area contributed by atoms with Crippen molar-refractivity contribution in [1.29, 1.82) is 0 Å². The number of urea groups is 1. The Hall–Kier alpha value is -4.53. The predicted molar refractivity (Wildman–Crippen MR) is 120 cm³/mol. The van der Waals surface area contributed by atoms with Crippen LogP contribution in [-0.4, -0.2) is 38.5 Å². The van der Waals surface area contributed by atoms with Crippen molar-refractivity contribution in [2.45, 2.75) is 20.8 Å². The molecule has 4 amide bonds. The van der Waals surface area contributed by atoms with Gasteiger partial charge in [-0.1, -0.05) is 0 Å². The molecule has 0 unspecified atom stereocenters. The highest BCUT2D eigenvalue weighted by atomic mass is 16.4. The van der Waals surface area contributed by atoms with Crippen LogP contribution in [0.3, 0.4) is 0 Å². The Bertz CT molecular complexity index is 1350. The summed E-state index contributed by atoms with van der Waals surface area (Å²) >= 11 is 0. The molecule has 0 aliphatic carbocycles. The van der Waals surface area contributed by atoms with E-state index in [-0.39, 0.29) is 11.1 Å². The van der Waals surface area contributed by atoms with E-state index in [9.17, 15) is 24.3 Å². The fraction of sp³-hybridized carbons (Fsp3) is 0.125. The molecule has 1 aliphatic heterocycles. The zero-order chi connectivity index (χ0) is 23.9. The van der Waals surface area contributed by atoms with Crippen molar-refractivity contribution >= 4 is 35.6 Å². The van der Waals surface area contributed by atoms with Gasteiger partial charge < -0.3 is 9.67 Å². The number of carbonyl (C=O) groups is 4. The van der Waals surface area contributed by atoms with Crippen LogP contribution >= 0.6 is 0 Å². The summed E-state index contributed by atoms with van der Waals surface area (Å²) in [5, 5.41) is 11.4. The number of carbonyl (C=O) groups excluding carboxylic acids is 3. The number of anilines is 1. The summed E-state index contributed by atoms with van der Waals surface area (Å²) in [5.74, 6) is -2.52. The van der Waals surface area contributed by atoms with Crippen LogP contribution in [0.4, 0.5) is 10.5 Å². The molecule has 0 radical (unpaired) electrons. The molecule has 1 saturated heterocycles. The van der Waals surface area contributed by atoms with Crippen LogP contribution < -0.4 is 10.2 Å². The van der Waals surface area contributed by atoms with Crippen LogP contribution in [0.5, 0.6) is 0 Å². The van der Waals surface area contributed by atoms with Crippen molar-refractivity contribution < 1.29 is 24.3 Å². The number of hydrogen-bond donors (Lipinski definition) is 2. The van der Waals surface area contributed by atoms with Gasteiger partial charge in [-0.05, 0) is 74.4 Å². The number of imide groups is 2. The van der Waals surface area contributed by atoms with Gasteiger partial charge in [-0.25, -0.2) is 14.5 Å². The number of aromatic carboxylic acids is 1. The molecular weight excluding hydrogens is 424 g/mol. The van der Waals surface area contributed by atoms with Crippen molar-refractivity contribution in [3.05, 3.63) is 82.4 Å². The summed E-state index contributed by atoms with van der Waals surface area (Å²) in [6.45, 7) is 5.52. The number of amides is 4. The zero-order valence-corrected chi connectivity index (χ0v) is 18.1. The molecule has 166 valence electrons. The van der Waals surface area contributed by atoms with Gasteiger partial charge in [0.1, 0.15) is 5.57 Å². The van der Waals surface area contributed by atoms with E-state index >= 15 is 0 Å². The molecule has 3 aromatic rings. The molecule has 2 N–H and O–H groups in total. The standard InChI is InChI=1S/C24H20N4O5/c1-13-10-16(23(31)32)4-5-20(13)27-14(2)11-17(15(27)3)12-19-21(29)26-24(33)28(22(19)30)18-6-8-25-9-7-18/h4-12H,1-3H3,(H,31,32)(H,26,29,33)/b19-12+. The number of nitrogens with one attached hydrogen (secondary N) is 1. The molecule has 9 nitrogen and oxygen atoms in total. The molecular formula is C24H20N4O5. The Balaban J connectivity index is 1.77. The number of carboxylic acids is 1. The third kappa shape index (κ3) is 3.80. The molecule has 4 rings (SSSR count). The third-order valence-corrected chi connectivity index (χ3v) is 5.48. The first-order chi connectivity index (χ1) is 15.7. The smallest absolute Gasteiger partial charge is 0.335 e. The van der Waals surface area contributed by atoms with Crippen LogP contribution in [0.2, 0.25) is 0 Å². The lowest BCUT2D eigenvalue weighted by molar-refractivity contribution is -0.122. The van der Waals surface area contributed by atoms with Crippen LogP contribution in [0.15, 0.2) is 54.4 Å². The van der Waals surface area contributed by atoms with Crippen molar-refractivity contribution in [2.24, 2.45) is 0 Å². The van der Waals surface area contributed by atoms with E-state index in [4.69, 9.17) is 0 Å². The average molecular weight is 444 g/mol. The number of pyridine rings is 1. The number of carboxylic acid groups (broad SMARTS) is 1. The summed E-state index contributed by atoms with van der Waals surface area (Å²) in [5.41, 5.74) is 4.05. The number of rotatable bonds is 4. The molecule has 1 aliphatic rings. The number of benzene rings is 1. The van der Waals surface area contributed by atoms with Gasteiger partial charge in [0.25, 0.3) is 11.8 Å². The highest BCUT2D eigenvalue weighted by molar-refractivity contribution is 6.39. The first kappa shape index (κ1) is 21.7. The van der Waals surface area contributed by atoms with Gasteiger partial charge in [0.15, 0.2) is 0 Å². The second kappa shape index (κ2) is 8.19. The Morgan fingerprint density at radius 2 is 1.73 bits per heavy atom. The van der Waals surface area contributed by atoms with Gasteiger partial charge in [0.2, 0.25) is 0 Å². The van der Waals surface area contributed by atoms with Gasteiger partial charge in [0.05, 0.1) is 11.3 Å². The highest BCUT2D eigenvalue weighted by Gasteiger charge is 2.37. The molecule has 2 aromatic heterocycles. The molecule has 0 atom stereocenters.